The predicted octanol–water partition coefficient (Wildman–Crippen LogP) is 6.27. The van der Waals surface area contributed by atoms with Crippen molar-refractivity contribution in [3.63, 3.8) is 0 Å². The molecule has 4 nitrogen and oxygen atoms in total. The van der Waals surface area contributed by atoms with Gasteiger partial charge in [0.05, 0.1) is 14.4 Å². The minimum absolute atomic E-state index is 0. The fourth-order valence-corrected chi connectivity index (χ4v) is 3.89. The molecule has 0 heterocycles. The summed E-state index contributed by atoms with van der Waals surface area (Å²) in [6.07, 6.45) is 26.2. The van der Waals surface area contributed by atoms with E-state index in [-0.39, 0.29) is 44.3 Å². The van der Waals surface area contributed by atoms with Gasteiger partial charge in [-0.3, -0.25) is 0 Å². The Labute approximate surface area is 205 Å². The number of phosphoric acid groups is 1. The van der Waals surface area contributed by atoms with Crippen molar-refractivity contribution in [2.24, 2.45) is 0 Å². The molecule has 0 aromatic carbocycles. The van der Waals surface area contributed by atoms with Gasteiger partial charge in [0.15, 0.2) is 0 Å². The third-order valence-electron chi connectivity index (χ3n) is 5.25. The molecule has 0 bridgehead atoms. The Bertz CT molecular complexity index is 336. The third-order valence-corrected chi connectivity index (χ3v) is 5.75. The molecular weight excluding hydrogens is 399 g/mol. The summed E-state index contributed by atoms with van der Waals surface area (Å²) < 4.78 is 14.5. The fraction of sp³-hybridized carbons (Fsp3) is 1.00. The van der Waals surface area contributed by atoms with Crippen LogP contribution >= 0.6 is 7.82 Å². The van der Waals surface area contributed by atoms with Gasteiger partial charge in [0.25, 0.3) is 0 Å². The maximum absolute atomic E-state index is 10.3. The van der Waals surface area contributed by atoms with Crippen LogP contribution in [0.5, 0.6) is 0 Å². The van der Waals surface area contributed by atoms with Crippen LogP contribution in [-0.2, 0) is 9.09 Å². The van der Waals surface area contributed by atoms with E-state index in [0.717, 1.165) is 12.8 Å². The molecule has 28 heavy (non-hydrogen) atoms. The van der Waals surface area contributed by atoms with Crippen molar-refractivity contribution in [3.05, 3.63) is 0 Å². The fourth-order valence-electron chi connectivity index (χ4n) is 3.53. The van der Waals surface area contributed by atoms with E-state index < -0.39 is 7.82 Å². The molecule has 164 valence electrons. The maximum Gasteiger partial charge on any atom is 2.00 e. The van der Waals surface area contributed by atoms with Crippen LogP contribution in [0.1, 0.15) is 135 Å². The zero-order chi connectivity index (χ0) is 20.1. The smallest absolute Gasteiger partial charge is 0.790 e. The van der Waals surface area contributed by atoms with Crippen LogP contribution in [0.4, 0.5) is 0 Å². The second kappa shape index (κ2) is 24.6. The minimum Gasteiger partial charge on any atom is -0.790 e. The first-order chi connectivity index (χ1) is 13.1. The van der Waals surface area contributed by atoms with Gasteiger partial charge in [-0.2, -0.15) is 0 Å². The minimum atomic E-state index is -4.76. The Hall–Kier alpha value is 1.37. The topological polar surface area (TPSA) is 72.4 Å². The summed E-state index contributed by atoms with van der Waals surface area (Å²) in [5.41, 5.74) is 0. The van der Waals surface area contributed by atoms with E-state index in [1.165, 1.54) is 109 Å². The molecule has 6 heteroatoms. The Morgan fingerprint density at radius 3 is 1.04 bits per heavy atom. The standard InChI is InChI=1S/C22H47O4P.Ca/c1-2-3-4-5-6-7-8-9-10-11-12-13-14-15-16-17-18-19-20-21-22-26-27(23,24)25;/h2-22H2,1H3,(H2,23,24,25);/q;+2/p-2. The average Bonchev–Trinajstić information content (AvgIpc) is 2.62. The van der Waals surface area contributed by atoms with E-state index in [1.54, 1.807) is 0 Å². The van der Waals surface area contributed by atoms with E-state index in [2.05, 4.69) is 11.4 Å². The zero-order valence-corrected chi connectivity index (χ0v) is 21.7. The van der Waals surface area contributed by atoms with Crippen LogP contribution in [0.25, 0.3) is 0 Å². The van der Waals surface area contributed by atoms with Crippen LogP contribution in [0.2, 0.25) is 0 Å². The summed E-state index contributed by atoms with van der Waals surface area (Å²) >= 11 is 0. The van der Waals surface area contributed by atoms with Gasteiger partial charge in [0, 0.05) is 0 Å². The Kier molecular flexibility index (Phi) is 27.8. The van der Waals surface area contributed by atoms with E-state index in [0.29, 0.717) is 6.42 Å². The number of hydrogen-bond donors (Lipinski definition) is 0. The summed E-state index contributed by atoms with van der Waals surface area (Å²) in [6.45, 7) is 2.32. The first-order valence-electron chi connectivity index (χ1n) is 11.7. The first-order valence-corrected chi connectivity index (χ1v) is 13.2. The maximum atomic E-state index is 10.3. The van der Waals surface area contributed by atoms with Crippen molar-refractivity contribution in [1.29, 1.82) is 0 Å². The van der Waals surface area contributed by atoms with Crippen molar-refractivity contribution in [2.75, 3.05) is 6.61 Å². The van der Waals surface area contributed by atoms with Crippen LogP contribution < -0.4 is 9.79 Å². The van der Waals surface area contributed by atoms with Gasteiger partial charge in [0.1, 0.15) is 0 Å². The molecule has 0 aliphatic heterocycles. The third kappa shape index (κ3) is 29.6. The molecule has 0 aliphatic carbocycles. The summed E-state index contributed by atoms with van der Waals surface area (Å²) in [5.74, 6) is 0. The number of rotatable bonds is 22. The number of hydrogen-bond acceptors (Lipinski definition) is 4. The first kappa shape index (κ1) is 31.6. The number of phosphoric ester groups is 1. The second-order valence-electron chi connectivity index (χ2n) is 8.00. The molecule has 0 amide bonds. The van der Waals surface area contributed by atoms with Crippen molar-refractivity contribution in [2.45, 2.75) is 135 Å². The Morgan fingerprint density at radius 2 is 0.786 bits per heavy atom. The van der Waals surface area contributed by atoms with E-state index in [9.17, 15) is 14.4 Å². The molecular formula is C22H45CaO4P. The van der Waals surface area contributed by atoms with E-state index in [4.69, 9.17) is 0 Å². The summed E-state index contributed by atoms with van der Waals surface area (Å²) in [7, 11) is -4.76. The molecule has 0 aromatic rings. The van der Waals surface area contributed by atoms with Gasteiger partial charge in [-0.05, 0) is 6.42 Å². The molecule has 0 saturated heterocycles. The van der Waals surface area contributed by atoms with Crippen molar-refractivity contribution < 1.29 is 18.9 Å². The zero-order valence-electron chi connectivity index (χ0n) is 18.6. The monoisotopic (exact) mass is 444 g/mol. The average molecular weight is 445 g/mol. The predicted molar refractivity (Wildman–Crippen MR) is 117 cm³/mol. The summed E-state index contributed by atoms with van der Waals surface area (Å²) in [5, 5.41) is 0. The Morgan fingerprint density at radius 1 is 0.536 bits per heavy atom. The van der Waals surface area contributed by atoms with Gasteiger partial charge < -0.3 is 18.9 Å². The quantitative estimate of drug-likeness (QED) is 0.112. The molecule has 0 atom stereocenters. The SMILES string of the molecule is CCCCCCCCCCCCCCCCCCCCCCOP(=O)([O-])[O-].[Ca+2]. The van der Waals surface area contributed by atoms with Gasteiger partial charge in [-0.15, -0.1) is 0 Å². The van der Waals surface area contributed by atoms with Crippen LogP contribution in [0, 0.1) is 0 Å². The van der Waals surface area contributed by atoms with E-state index >= 15 is 0 Å². The van der Waals surface area contributed by atoms with Crippen molar-refractivity contribution >= 4 is 45.6 Å². The van der Waals surface area contributed by atoms with E-state index in [1.807, 2.05) is 0 Å². The molecule has 0 aliphatic rings. The van der Waals surface area contributed by atoms with Crippen LogP contribution in [0.15, 0.2) is 0 Å². The van der Waals surface area contributed by atoms with Gasteiger partial charge in [0.2, 0.25) is 0 Å². The Balaban J connectivity index is 0. The molecule has 0 fully saturated rings. The summed E-state index contributed by atoms with van der Waals surface area (Å²) in [4.78, 5) is 20.6. The van der Waals surface area contributed by atoms with Gasteiger partial charge >= 0.3 is 37.7 Å². The van der Waals surface area contributed by atoms with Crippen LogP contribution in [0.3, 0.4) is 0 Å². The van der Waals surface area contributed by atoms with Gasteiger partial charge in [-0.25, -0.2) is 0 Å². The largest absolute Gasteiger partial charge is 2.00 e. The van der Waals surface area contributed by atoms with Crippen LogP contribution in [-0.4, -0.2) is 44.3 Å². The molecule has 0 unspecified atom stereocenters. The summed E-state index contributed by atoms with van der Waals surface area (Å²) in [6, 6.07) is 0. The second-order valence-corrected chi connectivity index (χ2v) is 9.15. The van der Waals surface area contributed by atoms with Crippen molar-refractivity contribution in [1.82, 2.24) is 0 Å². The molecule has 0 N–H and O–H groups in total. The van der Waals surface area contributed by atoms with Gasteiger partial charge in [-0.1, -0.05) is 129 Å². The normalized spacial score (nSPS) is 11.5. The molecule has 0 spiro atoms. The molecule has 0 saturated carbocycles. The number of unbranched alkanes of at least 4 members (excludes halogenated alkanes) is 19. The molecule has 0 rings (SSSR count). The molecule has 0 radical (unpaired) electrons. The molecule has 0 aromatic heterocycles. The van der Waals surface area contributed by atoms with Crippen molar-refractivity contribution in [3.8, 4) is 0 Å².